The molecule has 3 rings (SSSR count). The van der Waals surface area contributed by atoms with Gasteiger partial charge in [-0.25, -0.2) is 0 Å². The van der Waals surface area contributed by atoms with Crippen molar-refractivity contribution in [3.8, 4) is 0 Å². The standard InChI is InChI=1S/C16H21NO2/c1-2-15-14-6-4-3-5-12(14)7-9-17(15)16(18)13-8-10-19-11-13/h3-6,13,15H,2,7-11H2,1H3. The fraction of sp³-hybridized carbons (Fsp3) is 0.562. The third-order valence-electron chi connectivity index (χ3n) is 4.36. The average Bonchev–Trinajstić information content (AvgIpc) is 2.99. The molecule has 0 bridgehead atoms. The molecule has 0 aromatic heterocycles. The van der Waals surface area contributed by atoms with Gasteiger partial charge in [0.2, 0.25) is 5.91 Å². The van der Waals surface area contributed by atoms with Gasteiger partial charge in [-0.15, -0.1) is 0 Å². The quantitative estimate of drug-likeness (QED) is 0.817. The Labute approximate surface area is 114 Å². The molecule has 2 atom stereocenters. The summed E-state index contributed by atoms with van der Waals surface area (Å²) in [6.07, 6.45) is 2.84. The smallest absolute Gasteiger partial charge is 0.228 e. The first-order valence-corrected chi connectivity index (χ1v) is 7.27. The Balaban J connectivity index is 1.85. The monoisotopic (exact) mass is 259 g/mol. The highest BCUT2D eigenvalue weighted by Gasteiger charge is 2.34. The number of fused-ring (bicyclic) bond motifs is 1. The van der Waals surface area contributed by atoms with Crippen LogP contribution < -0.4 is 0 Å². The van der Waals surface area contributed by atoms with Crippen molar-refractivity contribution in [1.82, 2.24) is 4.90 Å². The topological polar surface area (TPSA) is 29.5 Å². The molecule has 1 amide bonds. The van der Waals surface area contributed by atoms with Gasteiger partial charge in [0.15, 0.2) is 0 Å². The summed E-state index contributed by atoms with van der Waals surface area (Å²) in [6, 6.07) is 8.78. The highest BCUT2D eigenvalue weighted by atomic mass is 16.5. The summed E-state index contributed by atoms with van der Waals surface area (Å²) in [4.78, 5) is 14.7. The second-order valence-corrected chi connectivity index (χ2v) is 5.47. The minimum Gasteiger partial charge on any atom is -0.381 e. The van der Waals surface area contributed by atoms with E-state index >= 15 is 0 Å². The molecular formula is C16H21NO2. The van der Waals surface area contributed by atoms with Gasteiger partial charge in [-0.1, -0.05) is 31.2 Å². The van der Waals surface area contributed by atoms with Gasteiger partial charge in [-0.2, -0.15) is 0 Å². The van der Waals surface area contributed by atoms with E-state index < -0.39 is 0 Å². The number of hydrogen-bond acceptors (Lipinski definition) is 2. The first-order valence-electron chi connectivity index (χ1n) is 7.27. The molecule has 0 N–H and O–H groups in total. The minimum absolute atomic E-state index is 0.0827. The van der Waals surface area contributed by atoms with Crippen LogP contribution in [0, 0.1) is 5.92 Å². The number of ether oxygens (including phenoxy) is 1. The van der Waals surface area contributed by atoms with Crippen molar-refractivity contribution in [2.24, 2.45) is 5.92 Å². The Hall–Kier alpha value is -1.35. The lowest BCUT2D eigenvalue weighted by molar-refractivity contribution is -0.138. The second-order valence-electron chi connectivity index (χ2n) is 5.47. The van der Waals surface area contributed by atoms with Crippen LogP contribution in [0.15, 0.2) is 24.3 Å². The predicted octanol–water partition coefficient (Wildman–Crippen LogP) is 2.56. The lowest BCUT2D eigenvalue weighted by Gasteiger charge is -2.38. The van der Waals surface area contributed by atoms with Crippen LogP contribution in [0.2, 0.25) is 0 Å². The molecule has 2 unspecified atom stereocenters. The van der Waals surface area contributed by atoms with Gasteiger partial charge in [-0.05, 0) is 30.4 Å². The average molecular weight is 259 g/mol. The summed E-state index contributed by atoms with van der Waals surface area (Å²) in [5.74, 6) is 0.373. The summed E-state index contributed by atoms with van der Waals surface area (Å²) < 4.78 is 5.36. The van der Waals surface area contributed by atoms with Crippen LogP contribution in [-0.4, -0.2) is 30.6 Å². The van der Waals surface area contributed by atoms with Crippen LogP contribution in [0.5, 0.6) is 0 Å². The van der Waals surface area contributed by atoms with Crippen molar-refractivity contribution in [1.29, 1.82) is 0 Å². The maximum atomic E-state index is 12.6. The molecule has 2 aliphatic rings. The molecule has 0 aliphatic carbocycles. The number of carbonyl (C=O) groups is 1. The number of amides is 1. The Morgan fingerprint density at radius 3 is 3.00 bits per heavy atom. The fourth-order valence-corrected chi connectivity index (χ4v) is 3.32. The number of rotatable bonds is 2. The minimum atomic E-state index is 0.0827. The van der Waals surface area contributed by atoms with E-state index in [0.29, 0.717) is 12.5 Å². The third kappa shape index (κ3) is 2.27. The molecule has 19 heavy (non-hydrogen) atoms. The summed E-state index contributed by atoms with van der Waals surface area (Å²) in [7, 11) is 0. The van der Waals surface area contributed by atoms with Gasteiger partial charge in [0.1, 0.15) is 0 Å². The number of carbonyl (C=O) groups excluding carboxylic acids is 1. The van der Waals surface area contributed by atoms with E-state index in [1.54, 1.807) is 0 Å². The highest BCUT2D eigenvalue weighted by molar-refractivity contribution is 5.80. The Morgan fingerprint density at radius 1 is 1.42 bits per heavy atom. The molecule has 0 saturated carbocycles. The molecule has 1 aromatic rings. The van der Waals surface area contributed by atoms with Crippen molar-refractivity contribution in [2.45, 2.75) is 32.2 Å². The normalized spacial score (nSPS) is 26.3. The van der Waals surface area contributed by atoms with Crippen molar-refractivity contribution in [3.05, 3.63) is 35.4 Å². The zero-order chi connectivity index (χ0) is 13.2. The molecule has 3 heteroatoms. The highest BCUT2D eigenvalue weighted by Crippen LogP contribution is 2.33. The zero-order valence-electron chi connectivity index (χ0n) is 11.5. The van der Waals surface area contributed by atoms with Gasteiger partial charge < -0.3 is 9.64 Å². The summed E-state index contributed by atoms with van der Waals surface area (Å²) in [5, 5.41) is 0. The molecule has 0 spiro atoms. The van der Waals surface area contributed by atoms with E-state index in [-0.39, 0.29) is 12.0 Å². The van der Waals surface area contributed by atoms with Crippen LogP contribution in [0.4, 0.5) is 0 Å². The number of hydrogen-bond donors (Lipinski definition) is 0. The lowest BCUT2D eigenvalue weighted by atomic mass is 9.90. The lowest BCUT2D eigenvalue weighted by Crippen LogP contribution is -2.43. The van der Waals surface area contributed by atoms with Crippen LogP contribution >= 0.6 is 0 Å². The van der Waals surface area contributed by atoms with E-state index in [1.165, 1.54) is 11.1 Å². The molecule has 2 heterocycles. The fourth-order valence-electron chi connectivity index (χ4n) is 3.32. The molecule has 3 nitrogen and oxygen atoms in total. The van der Waals surface area contributed by atoms with Crippen molar-refractivity contribution in [3.63, 3.8) is 0 Å². The van der Waals surface area contributed by atoms with Gasteiger partial charge in [0.25, 0.3) is 0 Å². The molecule has 1 saturated heterocycles. The van der Waals surface area contributed by atoms with Crippen molar-refractivity contribution >= 4 is 5.91 Å². The molecular weight excluding hydrogens is 238 g/mol. The van der Waals surface area contributed by atoms with E-state index in [2.05, 4.69) is 36.1 Å². The molecule has 1 aromatic carbocycles. The predicted molar refractivity (Wildman–Crippen MR) is 73.8 cm³/mol. The molecule has 102 valence electrons. The van der Waals surface area contributed by atoms with Crippen LogP contribution in [-0.2, 0) is 16.0 Å². The van der Waals surface area contributed by atoms with E-state index in [1.807, 2.05) is 0 Å². The summed E-state index contributed by atoms with van der Waals surface area (Å²) in [5.41, 5.74) is 2.74. The third-order valence-corrected chi connectivity index (χ3v) is 4.36. The SMILES string of the molecule is CCC1c2ccccc2CCN1C(=O)C1CCOC1. The maximum Gasteiger partial charge on any atom is 0.228 e. The van der Waals surface area contributed by atoms with E-state index in [0.717, 1.165) is 32.4 Å². The van der Waals surface area contributed by atoms with Gasteiger partial charge in [0.05, 0.1) is 18.6 Å². The molecule has 0 radical (unpaired) electrons. The van der Waals surface area contributed by atoms with Crippen LogP contribution in [0.1, 0.15) is 36.9 Å². The largest absolute Gasteiger partial charge is 0.381 e. The van der Waals surface area contributed by atoms with E-state index in [9.17, 15) is 4.79 Å². The van der Waals surface area contributed by atoms with Crippen LogP contribution in [0.3, 0.4) is 0 Å². The Morgan fingerprint density at radius 2 is 2.26 bits per heavy atom. The summed E-state index contributed by atoms with van der Waals surface area (Å²) in [6.45, 7) is 4.36. The van der Waals surface area contributed by atoms with Crippen molar-refractivity contribution in [2.75, 3.05) is 19.8 Å². The van der Waals surface area contributed by atoms with Crippen LogP contribution in [0.25, 0.3) is 0 Å². The molecule has 2 aliphatic heterocycles. The molecule has 1 fully saturated rings. The zero-order valence-corrected chi connectivity index (χ0v) is 11.5. The Kier molecular flexibility index (Phi) is 3.56. The first-order chi connectivity index (χ1) is 9.31. The van der Waals surface area contributed by atoms with E-state index in [4.69, 9.17) is 4.74 Å². The van der Waals surface area contributed by atoms with Gasteiger partial charge in [-0.3, -0.25) is 4.79 Å². The Bertz CT molecular complexity index is 466. The number of nitrogens with zero attached hydrogens (tertiary/aromatic N) is 1. The summed E-state index contributed by atoms with van der Waals surface area (Å²) >= 11 is 0. The maximum absolute atomic E-state index is 12.6. The second kappa shape index (κ2) is 5.33. The van der Waals surface area contributed by atoms with Gasteiger partial charge in [0, 0.05) is 13.2 Å². The van der Waals surface area contributed by atoms with Gasteiger partial charge >= 0.3 is 0 Å². The first kappa shape index (κ1) is 12.7. The van der Waals surface area contributed by atoms with Crippen molar-refractivity contribution < 1.29 is 9.53 Å². The number of benzene rings is 1.